The Morgan fingerprint density at radius 1 is 1.00 bits per heavy atom. The SMILES string of the molecule is C=C(C(=O)O)N(CC(=O)O)CC(=O)O. The highest BCUT2D eigenvalue weighted by atomic mass is 16.4. The number of aliphatic carboxylic acids is 3. The van der Waals surface area contributed by atoms with E-state index < -0.39 is 36.7 Å². The zero-order chi connectivity index (χ0) is 11.3. The molecule has 0 aliphatic heterocycles. The van der Waals surface area contributed by atoms with Gasteiger partial charge in [-0.15, -0.1) is 0 Å². The van der Waals surface area contributed by atoms with Gasteiger partial charge in [-0.05, 0) is 0 Å². The lowest BCUT2D eigenvalue weighted by atomic mass is 10.3. The Hall–Kier alpha value is -2.05. The number of carbonyl (C=O) groups is 3. The standard InChI is InChI=1S/C7H9NO6/c1-4(7(13)14)8(2-5(9)10)3-6(11)12/h1-3H2,(H,9,10)(H,11,12)(H,13,14). The van der Waals surface area contributed by atoms with E-state index in [0.29, 0.717) is 4.90 Å². The van der Waals surface area contributed by atoms with E-state index >= 15 is 0 Å². The minimum Gasteiger partial charge on any atom is -0.480 e. The Balaban J connectivity index is 4.54. The van der Waals surface area contributed by atoms with Gasteiger partial charge >= 0.3 is 17.9 Å². The molecule has 0 fully saturated rings. The molecule has 0 aromatic heterocycles. The molecule has 7 heteroatoms. The average Bonchev–Trinajstić information content (AvgIpc) is 1.99. The Morgan fingerprint density at radius 3 is 1.57 bits per heavy atom. The van der Waals surface area contributed by atoms with Gasteiger partial charge in [0.25, 0.3) is 0 Å². The fraction of sp³-hybridized carbons (Fsp3) is 0.286. The molecule has 0 rings (SSSR count). The molecular weight excluding hydrogens is 194 g/mol. The van der Waals surface area contributed by atoms with Gasteiger partial charge in [-0.1, -0.05) is 6.58 Å². The fourth-order valence-corrected chi connectivity index (χ4v) is 0.709. The molecule has 0 saturated heterocycles. The van der Waals surface area contributed by atoms with Gasteiger partial charge in [0.15, 0.2) is 0 Å². The zero-order valence-electron chi connectivity index (χ0n) is 7.13. The molecule has 0 amide bonds. The van der Waals surface area contributed by atoms with Crippen LogP contribution in [0.15, 0.2) is 12.3 Å². The van der Waals surface area contributed by atoms with Crippen molar-refractivity contribution in [3.05, 3.63) is 12.3 Å². The first kappa shape index (κ1) is 11.9. The molecule has 0 bridgehead atoms. The summed E-state index contributed by atoms with van der Waals surface area (Å²) < 4.78 is 0. The quantitative estimate of drug-likeness (QED) is 0.477. The largest absolute Gasteiger partial charge is 0.480 e. The monoisotopic (exact) mass is 203 g/mol. The van der Waals surface area contributed by atoms with Gasteiger partial charge in [-0.3, -0.25) is 9.59 Å². The van der Waals surface area contributed by atoms with E-state index in [1.807, 2.05) is 0 Å². The lowest BCUT2D eigenvalue weighted by molar-refractivity contribution is -0.142. The van der Waals surface area contributed by atoms with Gasteiger partial charge in [0, 0.05) is 0 Å². The van der Waals surface area contributed by atoms with Crippen molar-refractivity contribution in [2.24, 2.45) is 0 Å². The van der Waals surface area contributed by atoms with Crippen LogP contribution >= 0.6 is 0 Å². The summed E-state index contributed by atoms with van der Waals surface area (Å²) in [6, 6.07) is 0. The van der Waals surface area contributed by atoms with Crippen molar-refractivity contribution in [3.8, 4) is 0 Å². The summed E-state index contributed by atoms with van der Waals surface area (Å²) in [6.45, 7) is 1.64. The van der Waals surface area contributed by atoms with Crippen LogP contribution in [-0.4, -0.2) is 51.2 Å². The summed E-state index contributed by atoms with van der Waals surface area (Å²) in [6.07, 6.45) is 0. The molecule has 0 saturated carbocycles. The van der Waals surface area contributed by atoms with Gasteiger partial charge in [-0.2, -0.15) is 0 Å². The van der Waals surface area contributed by atoms with E-state index in [1.165, 1.54) is 0 Å². The fourth-order valence-electron chi connectivity index (χ4n) is 0.709. The Bertz CT molecular complexity index is 268. The minimum atomic E-state index is -1.45. The molecule has 0 aromatic carbocycles. The van der Waals surface area contributed by atoms with Gasteiger partial charge < -0.3 is 20.2 Å². The summed E-state index contributed by atoms with van der Waals surface area (Å²) in [5.41, 5.74) is -0.560. The normalized spacial score (nSPS) is 9.14. The molecular formula is C7H9NO6. The average molecular weight is 203 g/mol. The molecule has 78 valence electrons. The maximum Gasteiger partial charge on any atom is 0.351 e. The van der Waals surface area contributed by atoms with Crippen LogP contribution in [0.25, 0.3) is 0 Å². The number of carboxylic acid groups (broad SMARTS) is 3. The molecule has 0 atom stereocenters. The van der Waals surface area contributed by atoms with Crippen molar-refractivity contribution in [1.82, 2.24) is 4.90 Å². The second-order valence-electron chi connectivity index (χ2n) is 2.40. The van der Waals surface area contributed by atoms with Crippen LogP contribution in [0.1, 0.15) is 0 Å². The minimum absolute atomic E-state index is 0.560. The lowest BCUT2D eigenvalue weighted by Gasteiger charge is -2.19. The van der Waals surface area contributed by atoms with Crippen LogP contribution in [0.4, 0.5) is 0 Å². The highest BCUT2D eigenvalue weighted by molar-refractivity contribution is 5.87. The number of hydrogen-bond acceptors (Lipinski definition) is 4. The maximum absolute atomic E-state index is 10.4. The van der Waals surface area contributed by atoms with Crippen molar-refractivity contribution in [2.75, 3.05) is 13.1 Å². The molecule has 0 aliphatic carbocycles. The number of hydrogen-bond donors (Lipinski definition) is 3. The highest BCUT2D eigenvalue weighted by Gasteiger charge is 2.19. The third kappa shape index (κ3) is 4.10. The van der Waals surface area contributed by atoms with Crippen LogP contribution in [-0.2, 0) is 14.4 Å². The van der Waals surface area contributed by atoms with Crippen LogP contribution < -0.4 is 0 Å². The summed E-state index contributed by atoms with van der Waals surface area (Å²) in [4.78, 5) is 31.5. The lowest BCUT2D eigenvalue weighted by Crippen LogP contribution is -2.36. The topological polar surface area (TPSA) is 115 Å². The van der Waals surface area contributed by atoms with E-state index in [0.717, 1.165) is 0 Å². The number of carboxylic acids is 3. The first-order valence-corrected chi connectivity index (χ1v) is 3.45. The molecule has 0 heterocycles. The highest BCUT2D eigenvalue weighted by Crippen LogP contribution is 2.01. The van der Waals surface area contributed by atoms with Gasteiger partial charge in [0.2, 0.25) is 0 Å². The first-order valence-electron chi connectivity index (χ1n) is 3.45. The van der Waals surface area contributed by atoms with E-state index in [2.05, 4.69) is 6.58 Å². The molecule has 0 unspecified atom stereocenters. The maximum atomic E-state index is 10.4. The third-order valence-electron chi connectivity index (χ3n) is 1.28. The molecule has 0 spiro atoms. The van der Waals surface area contributed by atoms with Crippen molar-refractivity contribution in [2.45, 2.75) is 0 Å². The summed E-state index contributed by atoms with van der Waals surface area (Å²) in [5, 5.41) is 25.2. The molecule has 0 radical (unpaired) electrons. The third-order valence-corrected chi connectivity index (χ3v) is 1.28. The van der Waals surface area contributed by atoms with Gasteiger partial charge in [-0.25, -0.2) is 4.79 Å². The zero-order valence-corrected chi connectivity index (χ0v) is 7.13. The van der Waals surface area contributed by atoms with Crippen molar-refractivity contribution in [3.63, 3.8) is 0 Å². The smallest absolute Gasteiger partial charge is 0.351 e. The van der Waals surface area contributed by atoms with E-state index in [-0.39, 0.29) is 0 Å². The number of rotatable bonds is 6. The van der Waals surface area contributed by atoms with E-state index in [1.54, 1.807) is 0 Å². The van der Waals surface area contributed by atoms with Crippen LogP contribution in [0, 0.1) is 0 Å². The Morgan fingerprint density at radius 2 is 1.36 bits per heavy atom. The van der Waals surface area contributed by atoms with Crippen LogP contribution in [0.5, 0.6) is 0 Å². The Kier molecular flexibility index (Phi) is 4.14. The van der Waals surface area contributed by atoms with Crippen molar-refractivity contribution >= 4 is 17.9 Å². The second kappa shape index (κ2) is 4.85. The van der Waals surface area contributed by atoms with Crippen molar-refractivity contribution in [1.29, 1.82) is 0 Å². The predicted molar refractivity (Wildman–Crippen MR) is 43.6 cm³/mol. The van der Waals surface area contributed by atoms with Gasteiger partial charge in [0.1, 0.15) is 18.8 Å². The van der Waals surface area contributed by atoms with Crippen LogP contribution in [0.2, 0.25) is 0 Å². The number of nitrogens with zero attached hydrogens (tertiary/aromatic N) is 1. The van der Waals surface area contributed by atoms with E-state index in [4.69, 9.17) is 15.3 Å². The molecule has 3 N–H and O–H groups in total. The molecule has 14 heavy (non-hydrogen) atoms. The summed E-state index contributed by atoms with van der Waals surface area (Å²) in [5.74, 6) is -4.10. The first-order chi connectivity index (χ1) is 6.34. The Labute approximate surface area is 78.9 Å². The molecule has 0 aromatic rings. The molecule has 0 aliphatic rings. The summed E-state index contributed by atoms with van der Waals surface area (Å²) in [7, 11) is 0. The van der Waals surface area contributed by atoms with Gasteiger partial charge in [0.05, 0.1) is 0 Å². The molecule has 7 nitrogen and oxygen atoms in total. The second-order valence-corrected chi connectivity index (χ2v) is 2.40. The predicted octanol–water partition coefficient (Wildman–Crippen LogP) is -0.944. The van der Waals surface area contributed by atoms with E-state index in [9.17, 15) is 14.4 Å². The van der Waals surface area contributed by atoms with Crippen LogP contribution in [0.3, 0.4) is 0 Å². The van der Waals surface area contributed by atoms with Crippen molar-refractivity contribution < 1.29 is 29.7 Å². The summed E-state index contributed by atoms with van der Waals surface area (Å²) >= 11 is 0.